The summed E-state index contributed by atoms with van der Waals surface area (Å²) in [5, 5.41) is 7.64. The van der Waals surface area contributed by atoms with Gasteiger partial charge in [-0.25, -0.2) is 4.79 Å². The van der Waals surface area contributed by atoms with E-state index in [0.717, 1.165) is 35.5 Å². The quantitative estimate of drug-likeness (QED) is 0.450. The number of benzene rings is 2. The van der Waals surface area contributed by atoms with Crippen molar-refractivity contribution < 1.29 is 14.3 Å². The zero-order chi connectivity index (χ0) is 22.3. The van der Waals surface area contributed by atoms with Gasteiger partial charge in [0.1, 0.15) is 5.75 Å². The first kappa shape index (κ1) is 21.9. The van der Waals surface area contributed by atoms with E-state index in [0.29, 0.717) is 31.1 Å². The molecule has 0 saturated carbocycles. The molecule has 1 aromatic heterocycles. The third-order valence-electron chi connectivity index (χ3n) is 5.37. The van der Waals surface area contributed by atoms with Crippen LogP contribution in [0.25, 0.3) is 0 Å². The fourth-order valence-corrected chi connectivity index (χ4v) is 4.32. The molecule has 6 nitrogen and oxygen atoms in total. The Morgan fingerprint density at radius 2 is 1.81 bits per heavy atom. The molecule has 0 unspecified atom stereocenters. The number of thiophene rings is 1. The van der Waals surface area contributed by atoms with E-state index in [1.54, 1.807) is 0 Å². The molecular weight excluding hydrogens is 422 g/mol. The van der Waals surface area contributed by atoms with Crippen LogP contribution in [0.4, 0.5) is 16.2 Å². The maximum Gasteiger partial charge on any atom is 0.323 e. The Kier molecular flexibility index (Phi) is 7.07. The first-order valence-electron chi connectivity index (χ1n) is 10.9. The molecule has 3 aromatic rings. The van der Waals surface area contributed by atoms with Crippen LogP contribution in [-0.4, -0.2) is 30.0 Å². The van der Waals surface area contributed by atoms with Crippen molar-refractivity contribution in [3.8, 4) is 5.75 Å². The van der Waals surface area contributed by atoms with Gasteiger partial charge in [0.2, 0.25) is 0 Å². The zero-order valence-electron chi connectivity index (χ0n) is 18.1. The highest BCUT2D eigenvalue weighted by Crippen LogP contribution is 2.25. The number of urea groups is 1. The Bertz CT molecular complexity index is 1060. The van der Waals surface area contributed by atoms with E-state index < -0.39 is 0 Å². The van der Waals surface area contributed by atoms with Gasteiger partial charge in [0, 0.05) is 24.5 Å². The maximum atomic E-state index is 12.7. The van der Waals surface area contributed by atoms with Crippen molar-refractivity contribution in [1.29, 1.82) is 0 Å². The number of hydrogen-bond donors (Lipinski definition) is 2. The monoisotopic (exact) mass is 449 g/mol. The van der Waals surface area contributed by atoms with Gasteiger partial charge >= 0.3 is 6.03 Å². The number of nitrogens with one attached hydrogen (secondary N) is 2. The van der Waals surface area contributed by atoms with Crippen molar-refractivity contribution >= 4 is 34.6 Å². The van der Waals surface area contributed by atoms with Crippen LogP contribution in [0.3, 0.4) is 0 Å². The van der Waals surface area contributed by atoms with Crippen LogP contribution in [-0.2, 0) is 13.0 Å². The Labute approximate surface area is 192 Å². The molecule has 166 valence electrons. The topological polar surface area (TPSA) is 70.7 Å². The van der Waals surface area contributed by atoms with Crippen molar-refractivity contribution in [2.75, 3.05) is 23.8 Å². The average Bonchev–Trinajstić information content (AvgIpc) is 3.34. The minimum Gasteiger partial charge on any atom is -0.494 e. The highest BCUT2D eigenvalue weighted by molar-refractivity contribution is 7.12. The summed E-state index contributed by atoms with van der Waals surface area (Å²) >= 11 is 1.46. The number of hydrogen-bond acceptors (Lipinski definition) is 4. The molecular formula is C25H27N3O3S. The number of carbonyl (C=O) groups excluding carboxylic acids is 2. The third-order valence-corrected chi connectivity index (χ3v) is 6.23. The molecule has 0 aliphatic carbocycles. The van der Waals surface area contributed by atoms with Crippen LogP contribution >= 0.6 is 11.3 Å². The first-order valence-corrected chi connectivity index (χ1v) is 11.8. The molecule has 4 rings (SSSR count). The average molecular weight is 450 g/mol. The predicted molar refractivity (Wildman–Crippen MR) is 129 cm³/mol. The highest BCUT2D eigenvalue weighted by atomic mass is 32.1. The Morgan fingerprint density at radius 3 is 2.56 bits per heavy atom. The van der Waals surface area contributed by atoms with Crippen molar-refractivity contribution in [1.82, 2.24) is 4.90 Å². The second-order valence-corrected chi connectivity index (χ2v) is 8.69. The van der Waals surface area contributed by atoms with Crippen LogP contribution in [0.15, 0.2) is 60.0 Å². The summed E-state index contributed by atoms with van der Waals surface area (Å²) in [5.74, 6) is 0.852. The lowest BCUT2D eigenvalue weighted by Crippen LogP contribution is -2.35. The third kappa shape index (κ3) is 5.48. The van der Waals surface area contributed by atoms with Gasteiger partial charge in [0.05, 0.1) is 11.5 Å². The van der Waals surface area contributed by atoms with Crippen molar-refractivity contribution in [3.63, 3.8) is 0 Å². The molecule has 0 bridgehead atoms. The predicted octanol–water partition coefficient (Wildman–Crippen LogP) is 5.77. The lowest BCUT2D eigenvalue weighted by Gasteiger charge is -2.29. The minimum absolute atomic E-state index is 0.0591. The van der Waals surface area contributed by atoms with Crippen LogP contribution in [0.2, 0.25) is 0 Å². The molecule has 2 aromatic carbocycles. The molecule has 1 aliphatic heterocycles. The summed E-state index contributed by atoms with van der Waals surface area (Å²) < 4.78 is 5.65. The molecule has 0 fully saturated rings. The standard InChI is InChI=1S/C25H27N3O3S/c1-2-3-14-31-22-10-8-20(9-11-22)26-25(30)27-21-7-6-18-12-13-28(17-19(18)16-21)24(29)23-5-4-15-32-23/h4-11,15-16H,2-3,12-14,17H2,1H3,(H2,26,27,30). The van der Waals surface area contributed by atoms with Crippen LogP contribution in [0, 0.1) is 0 Å². The van der Waals surface area contributed by atoms with E-state index >= 15 is 0 Å². The minimum atomic E-state index is -0.313. The lowest BCUT2D eigenvalue weighted by atomic mass is 9.99. The lowest BCUT2D eigenvalue weighted by molar-refractivity contribution is 0.0739. The summed E-state index contributed by atoms with van der Waals surface area (Å²) in [7, 11) is 0. The van der Waals surface area contributed by atoms with E-state index in [2.05, 4.69) is 17.6 Å². The Morgan fingerprint density at radius 1 is 1.03 bits per heavy atom. The van der Waals surface area contributed by atoms with E-state index in [1.165, 1.54) is 16.9 Å². The van der Waals surface area contributed by atoms with Crippen LogP contribution in [0.1, 0.15) is 40.6 Å². The fourth-order valence-electron chi connectivity index (χ4n) is 3.63. The van der Waals surface area contributed by atoms with E-state index in [1.807, 2.05) is 64.9 Å². The highest BCUT2D eigenvalue weighted by Gasteiger charge is 2.22. The van der Waals surface area contributed by atoms with Gasteiger partial charge in [0.15, 0.2) is 0 Å². The molecule has 0 radical (unpaired) electrons. The van der Waals surface area contributed by atoms with Gasteiger partial charge in [0.25, 0.3) is 5.91 Å². The van der Waals surface area contributed by atoms with Gasteiger partial charge < -0.3 is 20.3 Å². The SMILES string of the molecule is CCCCOc1ccc(NC(=O)Nc2ccc3c(c2)CN(C(=O)c2cccs2)CC3)cc1. The van der Waals surface area contributed by atoms with Gasteiger partial charge in [-0.05, 0) is 71.8 Å². The summed E-state index contributed by atoms with van der Waals surface area (Å²) in [6.45, 7) is 4.06. The van der Waals surface area contributed by atoms with E-state index in [-0.39, 0.29) is 11.9 Å². The molecule has 0 spiro atoms. The summed E-state index contributed by atoms with van der Waals surface area (Å²) in [5.41, 5.74) is 3.67. The Hall–Kier alpha value is -3.32. The first-order chi connectivity index (χ1) is 15.6. The normalized spacial score (nSPS) is 12.7. The summed E-state index contributed by atoms with van der Waals surface area (Å²) in [6.07, 6.45) is 2.92. The second-order valence-electron chi connectivity index (χ2n) is 7.74. The van der Waals surface area contributed by atoms with Crippen LogP contribution < -0.4 is 15.4 Å². The smallest absolute Gasteiger partial charge is 0.323 e. The number of nitrogens with zero attached hydrogens (tertiary/aromatic N) is 1. The van der Waals surface area contributed by atoms with E-state index in [9.17, 15) is 9.59 Å². The molecule has 3 amide bonds. The molecule has 2 N–H and O–H groups in total. The molecule has 2 heterocycles. The molecule has 32 heavy (non-hydrogen) atoms. The number of carbonyl (C=O) groups is 2. The number of ether oxygens (including phenoxy) is 1. The number of anilines is 2. The molecule has 0 atom stereocenters. The van der Waals surface area contributed by atoms with Crippen molar-refractivity contribution in [2.45, 2.75) is 32.7 Å². The number of fused-ring (bicyclic) bond motifs is 1. The fraction of sp³-hybridized carbons (Fsp3) is 0.280. The zero-order valence-corrected chi connectivity index (χ0v) is 18.9. The molecule has 0 saturated heterocycles. The number of rotatable bonds is 7. The number of unbranched alkanes of at least 4 members (excludes halogenated alkanes) is 1. The molecule has 7 heteroatoms. The van der Waals surface area contributed by atoms with Crippen LogP contribution in [0.5, 0.6) is 5.75 Å². The largest absolute Gasteiger partial charge is 0.494 e. The summed E-state index contributed by atoms with van der Waals surface area (Å²) in [6, 6.07) is 16.7. The Balaban J connectivity index is 1.34. The van der Waals surface area contributed by atoms with Crippen molar-refractivity contribution in [3.05, 3.63) is 76.0 Å². The van der Waals surface area contributed by atoms with Crippen molar-refractivity contribution in [2.24, 2.45) is 0 Å². The molecule has 1 aliphatic rings. The van der Waals surface area contributed by atoms with Gasteiger partial charge in [-0.1, -0.05) is 25.5 Å². The van der Waals surface area contributed by atoms with Gasteiger partial charge in [-0.2, -0.15) is 0 Å². The van der Waals surface area contributed by atoms with E-state index in [4.69, 9.17) is 4.74 Å². The second kappa shape index (κ2) is 10.3. The maximum absolute atomic E-state index is 12.7. The van der Waals surface area contributed by atoms with Gasteiger partial charge in [-0.3, -0.25) is 4.79 Å². The van der Waals surface area contributed by atoms with Gasteiger partial charge in [-0.15, -0.1) is 11.3 Å². The summed E-state index contributed by atoms with van der Waals surface area (Å²) in [4.78, 5) is 27.8. The number of amides is 3.